The summed E-state index contributed by atoms with van der Waals surface area (Å²) in [5, 5.41) is 9.28. The summed E-state index contributed by atoms with van der Waals surface area (Å²) in [6.45, 7) is 4.35. The Kier molecular flexibility index (Phi) is 6.10. The van der Waals surface area contributed by atoms with Crippen LogP contribution in [0.2, 0.25) is 0 Å². The van der Waals surface area contributed by atoms with Gasteiger partial charge in [0.2, 0.25) is 0 Å². The molecule has 0 unspecified atom stereocenters. The number of rotatable bonds is 5. The highest BCUT2D eigenvalue weighted by molar-refractivity contribution is 5.89. The molecule has 2 amide bonds. The Balaban J connectivity index is 1.57. The summed E-state index contributed by atoms with van der Waals surface area (Å²) < 4.78 is 0. The van der Waals surface area contributed by atoms with Gasteiger partial charge in [0.1, 0.15) is 5.82 Å². The first-order chi connectivity index (χ1) is 12.6. The number of para-hydroxylation sites is 1. The van der Waals surface area contributed by atoms with E-state index in [-0.39, 0.29) is 6.03 Å². The summed E-state index contributed by atoms with van der Waals surface area (Å²) >= 11 is 0. The fourth-order valence-electron chi connectivity index (χ4n) is 3.39. The lowest BCUT2D eigenvalue weighted by Crippen LogP contribution is -2.39. The first-order valence-corrected chi connectivity index (χ1v) is 9.51. The molecule has 0 atom stereocenters. The number of carbonyl (C=O) groups is 1. The van der Waals surface area contributed by atoms with Gasteiger partial charge in [-0.25, -0.2) is 9.78 Å². The Labute approximate surface area is 155 Å². The Morgan fingerprint density at radius 1 is 1.08 bits per heavy atom. The van der Waals surface area contributed by atoms with Crippen molar-refractivity contribution in [3.63, 3.8) is 0 Å². The molecule has 3 rings (SSSR count). The van der Waals surface area contributed by atoms with Crippen LogP contribution in [0.1, 0.15) is 57.4 Å². The van der Waals surface area contributed by atoms with Crippen LogP contribution in [0, 0.1) is 0 Å². The minimum absolute atomic E-state index is 0.149. The van der Waals surface area contributed by atoms with Crippen LogP contribution in [0.4, 0.5) is 22.0 Å². The van der Waals surface area contributed by atoms with E-state index >= 15 is 0 Å². The van der Waals surface area contributed by atoms with Crippen molar-refractivity contribution in [1.82, 2.24) is 10.3 Å². The van der Waals surface area contributed by atoms with Crippen molar-refractivity contribution < 1.29 is 4.79 Å². The van der Waals surface area contributed by atoms with Crippen LogP contribution in [-0.2, 0) is 0 Å². The van der Waals surface area contributed by atoms with E-state index in [0.717, 1.165) is 24.3 Å². The van der Waals surface area contributed by atoms with E-state index in [1.54, 1.807) is 6.20 Å². The minimum Gasteiger partial charge on any atom is -0.340 e. The number of nitrogens with zero attached hydrogens (tertiary/aromatic N) is 1. The number of hydrogen-bond acceptors (Lipinski definition) is 3. The van der Waals surface area contributed by atoms with E-state index in [1.165, 1.54) is 24.8 Å². The molecule has 5 heteroatoms. The fourth-order valence-corrected chi connectivity index (χ4v) is 3.39. The number of amides is 2. The number of hydrogen-bond donors (Lipinski definition) is 3. The molecule has 1 aromatic heterocycles. The van der Waals surface area contributed by atoms with Crippen molar-refractivity contribution in [3.8, 4) is 0 Å². The van der Waals surface area contributed by atoms with Crippen molar-refractivity contribution in [2.24, 2.45) is 0 Å². The molecule has 0 radical (unpaired) electrons. The predicted molar refractivity (Wildman–Crippen MR) is 107 cm³/mol. The molecular formula is C21H28N4O. The Morgan fingerprint density at radius 2 is 1.85 bits per heavy atom. The van der Waals surface area contributed by atoms with Gasteiger partial charge < -0.3 is 16.0 Å². The lowest BCUT2D eigenvalue weighted by atomic mass is 9.96. The van der Waals surface area contributed by atoms with Crippen LogP contribution in [-0.4, -0.2) is 17.1 Å². The summed E-state index contributed by atoms with van der Waals surface area (Å²) in [4.78, 5) is 16.5. The third-order valence-electron chi connectivity index (χ3n) is 4.81. The van der Waals surface area contributed by atoms with Gasteiger partial charge in [-0.2, -0.15) is 0 Å². The number of anilines is 3. The van der Waals surface area contributed by atoms with Gasteiger partial charge in [-0.3, -0.25) is 0 Å². The number of aromatic nitrogens is 1. The monoisotopic (exact) mass is 352 g/mol. The lowest BCUT2D eigenvalue weighted by molar-refractivity contribution is 0.244. The zero-order valence-electron chi connectivity index (χ0n) is 15.6. The maximum atomic E-state index is 12.1. The van der Waals surface area contributed by atoms with Crippen molar-refractivity contribution in [3.05, 3.63) is 48.2 Å². The molecule has 1 heterocycles. The Bertz CT molecular complexity index is 721. The van der Waals surface area contributed by atoms with Crippen LogP contribution >= 0.6 is 0 Å². The van der Waals surface area contributed by atoms with Gasteiger partial charge in [0.05, 0.1) is 11.9 Å². The van der Waals surface area contributed by atoms with Crippen LogP contribution in [0.15, 0.2) is 42.6 Å². The predicted octanol–water partition coefficient (Wildman–Crippen LogP) is 5.40. The summed E-state index contributed by atoms with van der Waals surface area (Å²) in [5.74, 6) is 1.19. The smallest absolute Gasteiger partial charge is 0.319 e. The minimum atomic E-state index is -0.149. The van der Waals surface area contributed by atoms with Crippen LogP contribution in [0.25, 0.3) is 0 Å². The maximum Gasteiger partial charge on any atom is 0.319 e. The van der Waals surface area contributed by atoms with E-state index in [4.69, 9.17) is 0 Å². The normalized spacial score (nSPS) is 14.9. The molecule has 0 aliphatic heterocycles. The molecule has 0 saturated heterocycles. The second-order valence-corrected chi connectivity index (χ2v) is 7.23. The summed E-state index contributed by atoms with van der Waals surface area (Å²) in [5.41, 5.74) is 3.01. The summed E-state index contributed by atoms with van der Waals surface area (Å²) in [6, 6.07) is 12.1. The number of benzene rings is 1. The largest absolute Gasteiger partial charge is 0.340 e. The molecule has 1 aliphatic rings. The van der Waals surface area contributed by atoms with E-state index < -0.39 is 0 Å². The average molecular weight is 352 g/mol. The number of urea groups is 1. The molecule has 0 bridgehead atoms. The van der Waals surface area contributed by atoms with Gasteiger partial charge in [-0.15, -0.1) is 0 Å². The van der Waals surface area contributed by atoms with Crippen molar-refractivity contribution in [2.45, 2.75) is 57.9 Å². The van der Waals surface area contributed by atoms with Gasteiger partial charge in [-0.1, -0.05) is 51.3 Å². The van der Waals surface area contributed by atoms with Gasteiger partial charge in [0.15, 0.2) is 0 Å². The summed E-state index contributed by atoms with van der Waals surface area (Å²) in [7, 11) is 0. The van der Waals surface area contributed by atoms with Gasteiger partial charge >= 0.3 is 6.03 Å². The van der Waals surface area contributed by atoms with E-state index in [0.29, 0.717) is 17.6 Å². The third-order valence-corrected chi connectivity index (χ3v) is 4.81. The third kappa shape index (κ3) is 4.97. The molecule has 0 spiro atoms. The Hall–Kier alpha value is -2.56. The standard InChI is InChI=1S/C21H28N4O/c1-15(2)18-10-6-7-11-19(18)25-20-13-12-17(14-22-20)24-21(26)23-16-8-4-3-5-9-16/h6-7,10-16H,3-5,8-9H2,1-2H3,(H,22,25)(H2,23,24,26). The van der Waals surface area contributed by atoms with Crippen LogP contribution in [0.3, 0.4) is 0 Å². The zero-order valence-corrected chi connectivity index (χ0v) is 15.6. The SMILES string of the molecule is CC(C)c1ccccc1Nc1ccc(NC(=O)NC2CCCCC2)cn1. The van der Waals surface area contributed by atoms with Crippen LogP contribution < -0.4 is 16.0 Å². The molecule has 1 aliphatic carbocycles. The first kappa shape index (κ1) is 18.2. The highest BCUT2D eigenvalue weighted by atomic mass is 16.2. The topological polar surface area (TPSA) is 66.0 Å². The quantitative estimate of drug-likeness (QED) is 0.675. The van der Waals surface area contributed by atoms with Gasteiger partial charge in [0, 0.05) is 11.7 Å². The van der Waals surface area contributed by atoms with Gasteiger partial charge in [-0.05, 0) is 42.5 Å². The summed E-state index contributed by atoms with van der Waals surface area (Å²) in [6.07, 6.45) is 7.50. The molecule has 1 aromatic carbocycles. The van der Waals surface area contributed by atoms with Crippen molar-refractivity contribution in [1.29, 1.82) is 0 Å². The second kappa shape index (κ2) is 8.70. The average Bonchev–Trinajstić information content (AvgIpc) is 2.64. The lowest BCUT2D eigenvalue weighted by Gasteiger charge is -2.22. The molecule has 1 fully saturated rings. The molecule has 138 valence electrons. The second-order valence-electron chi connectivity index (χ2n) is 7.23. The highest BCUT2D eigenvalue weighted by Gasteiger charge is 2.15. The number of carbonyl (C=O) groups excluding carboxylic acids is 1. The molecule has 3 N–H and O–H groups in total. The molecule has 26 heavy (non-hydrogen) atoms. The highest BCUT2D eigenvalue weighted by Crippen LogP contribution is 2.26. The number of pyridine rings is 1. The fraction of sp³-hybridized carbons (Fsp3) is 0.429. The molecule has 1 saturated carbocycles. The number of nitrogens with one attached hydrogen (secondary N) is 3. The zero-order chi connectivity index (χ0) is 18.4. The maximum absolute atomic E-state index is 12.1. The Morgan fingerprint density at radius 3 is 2.54 bits per heavy atom. The van der Waals surface area contributed by atoms with Crippen molar-refractivity contribution in [2.75, 3.05) is 10.6 Å². The molecule has 5 nitrogen and oxygen atoms in total. The van der Waals surface area contributed by atoms with E-state index in [1.807, 2.05) is 24.3 Å². The van der Waals surface area contributed by atoms with E-state index in [2.05, 4.69) is 46.9 Å². The van der Waals surface area contributed by atoms with Crippen molar-refractivity contribution >= 4 is 23.2 Å². The van der Waals surface area contributed by atoms with Gasteiger partial charge in [0.25, 0.3) is 0 Å². The molecular weight excluding hydrogens is 324 g/mol. The van der Waals surface area contributed by atoms with Crippen LogP contribution in [0.5, 0.6) is 0 Å². The first-order valence-electron chi connectivity index (χ1n) is 9.51. The molecule has 2 aromatic rings. The van der Waals surface area contributed by atoms with E-state index in [9.17, 15) is 4.79 Å².